The van der Waals surface area contributed by atoms with Crippen LogP contribution in [0.4, 0.5) is 13.2 Å². The lowest BCUT2D eigenvalue weighted by atomic mass is 10.1. The van der Waals surface area contributed by atoms with Gasteiger partial charge in [-0.2, -0.15) is 8.78 Å². The predicted octanol–water partition coefficient (Wildman–Crippen LogP) is 4.28. The van der Waals surface area contributed by atoms with Crippen LogP contribution in [0.3, 0.4) is 0 Å². The molecule has 1 atom stereocenters. The van der Waals surface area contributed by atoms with Crippen LogP contribution in [-0.4, -0.2) is 6.61 Å². The van der Waals surface area contributed by atoms with Gasteiger partial charge in [0, 0.05) is 18.2 Å². The lowest BCUT2D eigenvalue weighted by molar-refractivity contribution is -0.0505. The summed E-state index contributed by atoms with van der Waals surface area (Å²) in [4.78, 5) is 0. The number of ether oxygens (including phenoxy) is 1. The van der Waals surface area contributed by atoms with E-state index < -0.39 is 6.61 Å². The molecule has 0 amide bonds. The van der Waals surface area contributed by atoms with Crippen molar-refractivity contribution in [1.29, 1.82) is 0 Å². The van der Waals surface area contributed by atoms with Crippen LogP contribution in [0.25, 0.3) is 0 Å². The number of halogens is 3. The first-order valence-electron chi connectivity index (χ1n) is 6.58. The Balaban J connectivity index is 2.02. The van der Waals surface area contributed by atoms with Gasteiger partial charge in [-0.25, -0.2) is 4.39 Å². The van der Waals surface area contributed by atoms with Gasteiger partial charge in [0.2, 0.25) is 0 Å². The van der Waals surface area contributed by atoms with Crippen LogP contribution in [0.15, 0.2) is 48.5 Å². The van der Waals surface area contributed by atoms with Crippen LogP contribution in [0, 0.1) is 5.82 Å². The highest BCUT2D eigenvalue weighted by molar-refractivity contribution is 5.33. The summed E-state index contributed by atoms with van der Waals surface area (Å²) in [6.07, 6.45) is 0. The number of hydrogen-bond acceptors (Lipinski definition) is 2. The Morgan fingerprint density at radius 2 is 1.86 bits per heavy atom. The van der Waals surface area contributed by atoms with Gasteiger partial charge in [0.25, 0.3) is 0 Å². The normalized spacial score (nSPS) is 12.4. The van der Waals surface area contributed by atoms with E-state index in [1.165, 1.54) is 18.2 Å². The molecule has 2 aromatic carbocycles. The fourth-order valence-corrected chi connectivity index (χ4v) is 2.02. The topological polar surface area (TPSA) is 21.3 Å². The van der Waals surface area contributed by atoms with Crippen LogP contribution < -0.4 is 10.1 Å². The third kappa shape index (κ3) is 4.49. The second kappa shape index (κ2) is 7.13. The highest BCUT2D eigenvalue weighted by atomic mass is 19.3. The molecule has 5 heteroatoms. The van der Waals surface area contributed by atoms with Gasteiger partial charge < -0.3 is 10.1 Å². The number of para-hydroxylation sites is 1. The minimum atomic E-state index is -2.85. The van der Waals surface area contributed by atoms with E-state index in [1.807, 2.05) is 13.0 Å². The second-order valence-electron chi connectivity index (χ2n) is 4.64. The Hall–Kier alpha value is -2.01. The van der Waals surface area contributed by atoms with Crippen LogP contribution in [0.5, 0.6) is 5.75 Å². The van der Waals surface area contributed by atoms with Gasteiger partial charge in [-0.05, 0) is 30.7 Å². The smallest absolute Gasteiger partial charge is 0.387 e. The Morgan fingerprint density at radius 3 is 2.57 bits per heavy atom. The zero-order valence-electron chi connectivity index (χ0n) is 11.5. The van der Waals surface area contributed by atoms with Gasteiger partial charge in [-0.1, -0.05) is 30.3 Å². The SMILES string of the molecule is C[C@H](NCc1ccccc1OC(F)F)c1cccc(F)c1. The van der Waals surface area contributed by atoms with E-state index in [0.717, 1.165) is 5.56 Å². The molecule has 0 aliphatic heterocycles. The van der Waals surface area contributed by atoms with Gasteiger partial charge in [-0.3, -0.25) is 0 Å². The van der Waals surface area contributed by atoms with Crippen LogP contribution in [0.2, 0.25) is 0 Å². The maximum Gasteiger partial charge on any atom is 0.387 e. The van der Waals surface area contributed by atoms with E-state index in [1.54, 1.807) is 24.3 Å². The second-order valence-corrected chi connectivity index (χ2v) is 4.64. The third-order valence-corrected chi connectivity index (χ3v) is 3.14. The number of alkyl halides is 2. The van der Waals surface area contributed by atoms with Crippen molar-refractivity contribution in [2.45, 2.75) is 26.1 Å². The predicted molar refractivity (Wildman–Crippen MR) is 74.7 cm³/mol. The van der Waals surface area contributed by atoms with Crippen molar-refractivity contribution >= 4 is 0 Å². The zero-order valence-corrected chi connectivity index (χ0v) is 11.5. The van der Waals surface area contributed by atoms with E-state index in [0.29, 0.717) is 12.1 Å². The summed E-state index contributed by atoms with van der Waals surface area (Å²) in [6, 6.07) is 12.7. The molecule has 0 fully saturated rings. The van der Waals surface area contributed by atoms with Crippen molar-refractivity contribution in [3.8, 4) is 5.75 Å². The number of benzene rings is 2. The van der Waals surface area contributed by atoms with E-state index in [9.17, 15) is 13.2 Å². The standard InChI is InChI=1S/C16H16F3NO/c1-11(12-6-4-7-14(17)9-12)20-10-13-5-2-3-8-15(13)21-16(18)19/h2-9,11,16,20H,10H2,1H3/t11-/m0/s1. The van der Waals surface area contributed by atoms with Crippen molar-refractivity contribution in [3.63, 3.8) is 0 Å². The van der Waals surface area contributed by atoms with Crippen molar-refractivity contribution < 1.29 is 17.9 Å². The summed E-state index contributed by atoms with van der Waals surface area (Å²) in [5, 5.41) is 3.16. The maximum absolute atomic E-state index is 13.2. The number of nitrogens with one attached hydrogen (secondary N) is 1. The molecule has 0 radical (unpaired) electrons. The largest absolute Gasteiger partial charge is 0.434 e. The van der Waals surface area contributed by atoms with Crippen LogP contribution in [-0.2, 0) is 6.54 Å². The first-order valence-corrected chi connectivity index (χ1v) is 6.58. The quantitative estimate of drug-likeness (QED) is 0.859. The Bertz CT molecular complexity index is 589. The Morgan fingerprint density at radius 1 is 1.10 bits per heavy atom. The average molecular weight is 295 g/mol. The Kier molecular flexibility index (Phi) is 5.22. The van der Waals surface area contributed by atoms with Crippen molar-refractivity contribution in [2.75, 3.05) is 0 Å². The summed E-state index contributed by atoms with van der Waals surface area (Å²) in [6.45, 7) is -0.627. The fraction of sp³-hybridized carbons (Fsp3) is 0.250. The summed E-state index contributed by atoms with van der Waals surface area (Å²) in [7, 11) is 0. The van der Waals surface area contributed by atoms with Gasteiger partial charge in [0.1, 0.15) is 11.6 Å². The molecule has 0 heterocycles. The summed E-state index contributed by atoms with van der Waals surface area (Å²) in [5.74, 6) is -0.158. The molecule has 0 spiro atoms. The third-order valence-electron chi connectivity index (χ3n) is 3.14. The van der Waals surface area contributed by atoms with E-state index >= 15 is 0 Å². The van der Waals surface area contributed by atoms with Crippen LogP contribution in [0.1, 0.15) is 24.1 Å². The first kappa shape index (κ1) is 15.4. The molecule has 112 valence electrons. The van der Waals surface area contributed by atoms with Crippen molar-refractivity contribution in [2.24, 2.45) is 0 Å². The molecule has 2 rings (SSSR count). The van der Waals surface area contributed by atoms with Crippen molar-refractivity contribution in [1.82, 2.24) is 5.32 Å². The summed E-state index contributed by atoms with van der Waals surface area (Å²) < 4.78 is 42.3. The van der Waals surface area contributed by atoms with E-state index in [4.69, 9.17) is 0 Å². The average Bonchev–Trinajstić information content (AvgIpc) is 2.45. The molecule has 1 N–H and O–H groups in total. The highest BCUT2D eigenvalue weighted by Gasteiger charge is 2.11. The summed E-state index contributed by atoms with van der Waals surface area (Å²) >= 11 is 0. The van der Waals surface area contributed by atoms with Crippen molar-refractivity contribution in [3.05, 3.63) is 65.5 Å². The van der Waals surface area contributed by atoms with E-state index in [-0.39, 0.29) is 17.6 Å². The monoisotopic (exact) mass is 295 g/mol. The molecule has 0 aromatic heterocycles. The van der Waals surface area contributed by atoms with Gasteiger partial charge in [0.15, 0.2) is 0 Å². The minimum Gasteiger partial charge on any atom is -0.434 e. The molecule has 0 aliphatic carbocycles. The molecule has 0 aliphatic rings. The summed E-state index contributed by atoms with van der Waals surface area (Å²) in [5.41, 5.74) is 1.42. The lowest BCUT2D eigenvalue weighted by Gasteiger charge is -2.16. The number of hydrogen-bond donors (Lipinski definition) is 1. The number of rotatable bonds is 6. The first-order chi connectivity index (χ1) is 10.1. The van der Waals surface area contributed by atoms with Crippen LogP contribution >= 0.6 is 0 Å². The molecular formula is C16H16F3NO. The molecule has 0 saturated carbocycles. The molecular weight excluding hydrogens is 279 g/mol. The molecule has 21 heavy (non-hydrogen) atoms. The minimum absolute atomic E-state index is 0.111. The zero-order chi connectivity index (χ0) is 15.2. The van der Waals surface area contributed by atoms with Gasteiger partial charge in [0.05, 0.1) is 0 Å². The fourth-order valence-electron chi connectivity index (χ4n) is 2.02. The van der Waals surface area contributed by atoms with Gasteiger partial charge >= 0.3 is 6.61 Å². The van der Waals surface area contributed by atoms with E-state index in [2.05, 4.69) is 10.1 Å². The molecule has 0 saturated heterocycles. The molecule has 0 unspecified atom stereocenters. The Labute approximate surface area is 121 Å². The highest BCUT2D eigenvalue weighted by Crippen LogP contribution is 2.21. The maximum atomic E-state index is 13.2. The van der Waals surface area contributed by atoms with Gasteiger partial charge in [-0.15, -0.1) is 0 Å². The molecule has 0 bridgehead atoms. The molecule has 2 nitrogen and oxygen atoms in total. The lowest BCUT2D eigenvalue weighted by Crippen LogP contribution is -2.19. The molecule has 2 aromatic rings.